The van der Waals surface area contributed by atoms with Gasteiger partial charge in [0, 0.05) is 41.7 Å². The summed E-state index contributed by atoms with van der Waals surface area (Å²) in [4.78, 5) is 28.3. The summed E-state index contributed by atoms with van der Waals surface area (Å²) in [5.41, 5.74) is 2.07. The lowest BCUT2D eigenvalue weighted by Gasteiger charge is -2.21. The number of carbonyl (C=O) groups excluding carboxylic acids is 2. The number of rotatable bonds is 7. The maximum absolute atomic E-state index is 13.4. The van der Waals surface area contributed by atoms with Gasteiger partial charge in [0.05, 0.1) is 20.1 Å². The predicted octanol–water partition coefficient (Wildman–Crippen LogP) is 4.67. The van der Waals surface area contributed by atoms with Gasteiger partial charge in [-0.15, -0.1) is 0 Å². The highest BCUT2D eigenvalue weighted by Crippen LogP contribution is 2.40. The molecule has 0 aromatic heterocycles. The van der Waals surface area contributed by atoms with Gasteiger partial charge in [0.2, 0.25) is 5.91 Å². The molecule has 1 aliphatic heterocycles. The number of methoxy groups -OCH3 is 2. The van der Waals surface area contributed by atoms with Crippen LogP contribution < -0.4 is 14.8 Å². The Labute approximate surface area is 208 Å². The number of nitrogens with one attached hydrogen (secondary N) is 1. The molecular formula is C27H26ClFN2O4. The highest BCUT2D eigenvalue weighted by atomic mass is 35.5. The predicted molar refractivity (Wildman–Crippen MR) is 131 cm³/mol. The molecule has 1 heterocycles. The Morgan fingerprint density at radius 1 is 1.00 bits per heavy atom. The molecule has 3 aromatic rings. The minimum atomic E-state index is -0.521. The summed E-state index contributed by atoms with van der Waals surface area (Å²) >= 11 is 5.98. The molecule has 0 aliphatic carbocycles. The summed E-state index contributed by atoms with van der Waals surface area (Å²) in [6, 6.07) is 18.1. The molecule has 35 heavy (non-hydrogen) atoms. The molecule has 0 bridgehead atoms. The SMILES string of the molecule is COc1ccc(OC)c(C2CN(C(=O)c3ccc(Cl)cc3)CC2C(=O)NCc2ccc(F)cc2)c1. The lowest BCUT2D eigenvalue weighted by atomic mass is 9.87. The van der Waals surface area contributed by atoms with Crippen LogP contribution in [0.3, 0.4) is 0 Å². The summed E-state index contributed by atoms with van der Waals surface area (Å²) in [6.45, 7) is 0.823. The van der Waals surface area contributed by atoms with Crippen molar-refractivity contribution in [1.82, 2.24) is 10.2 Å². The van der Waals surface area contributed by atoms with E-state index in [1.165, 1.54) is 12.1 Å². The van der Waals surface area contributed by atoms with E-state index in [9.17, 15) is 14.0 Å². The highest BCUT2D eigenvalue weighted by molar-refractivity contribution is 6.30. The van der Waals surface area contributed by atoms with Gasteiger partial charge in [-0.25, -0.2) is 4.39 Å². The molecule has 3 aromatic carbocycles. The van der Waals surface area contributed by atoms with Crippen LogP contribution in [-0.2, 0) is 11.3 Å². The third-order valence-electron chi connectivity index (χ3n) is 6.25. The first-order valence-electron chi connectivity index (χ1n) is 11.2. The summed E-state index contributed by atoms with van der Waals surface area (Å²) in [6.07, 6.45) is 0. The van der Waals surface area contributed by atoms with Crippen molar-refractivity contribution in [3.63, 3.8) is 0 Å². The number of carbonyl (C=O) groups is 2. The monoisotopic (exact) mass is 496 g/mol. The number of nitrogens with zero attached hydrogens (tertiary/aromatic N) is 1. The molecule has 0 spiro atoms. The van der Waals surface area contributed by atoms with E-state index in [0.717, 1.165) is 11.1 Å². The first-order chi connectivity index (χ1) is 16.9. The molecular weight excluding hydrogens is 471 g/mol. The number of hydrogen-bond acceptors (Lipinski definition) is 4. The first-order valence-corrected chi connectivity index (χ1v) is 11.6. The molecule has 1 fully saturated rings. The molecule has 1 aliphatic rings. The van der Waals surface area contributed by atoms with E-state index >= 15 is 0 Å². The number of halogens is 2. The molecule has 0 saturated carbocycles. The Hall–Kier alpha value is -3.58. The van der Waals surface area contributed by atoms with Crippen LogP contribution in [0, 0.1) is 11.7 Å². The van der Waals surface area contributed by atoms with Crippen LogP contribution in [-0.4, -0.2) is 44.0 Å². The smallest absolute Gasteiger partial charge is 0.253 e. The van der Waals surface area contributed by atoms with Crippen molar-refractivity contribution in [1.29, 1.82) is 0 Å². The van der Waals surface area contributed by atoms with Gasteiger partial charge in [-0.3, -0.25) is 9.59 Å². The zero-order valence-corrected chi connectivity index (χ0v) is 20.2. The summed E-state index contributed by atoms with van der Waals surface area (Å²) in [5.74, 6) is -0.297. The first kappa shape index (κ1) is 24.5. The van der Waals surface area contributed by atoms with E-state index in [-0.39, 0.29) is 36.6 Å². The van der Waals surface area contributed by atoms with Crippen LogP contribution in [0.1, 0.15) is 27.4 Å². The van der Waals surface area contributed by atoms with E-state index < -0.39 is 5.92 Å². The molecule has 2 amide bonds. The molecule has 8 heteroatoms. The Bertz CT molecular complexity index is 1200. The van der Waals surface area contributed by atoms with Gasteiger partial charge >= 0.3 is 0 Å². The van der Waals surface area contributed by atoms with Crippen molar-refractivity contribution >= 4 is 23.4 Å². The minimum Gasteiger partial charge on any atom is -0.497 e. The van der Waals surface area contributed by atoms with Crippen molar-refractivity contribution in [3.8, 4) is 11.5 Å². The van der Waals surface area contributed by atoms with Gasteiger partial charge in [-0.1, -0.05) is 23.7 Å². The van der Waals surface area contributed by atoms with Crippen molar-refractivity contribution < 1.29 is 23.5 Å². The van der Waals surface area contributed by atoms with Gasteiger partial charge < -0.3 is 19.7 Å². The van der Waals surface area contributed by atoms with E-state index in [1.807, 2.05) is 6.07 Å². The normalized spacial score (nSPS) is 17.2. The number of benzene rings is 3. The molecule has 0 radical (unpaired) electrons. The largest absolute Gasteiger partial charge is 0.497 e. The van der Waals surface area contributed by atoms with Gasteiger partial charge in [0.25, 0.3) is 5.91 Å². The topological polar surface area (TPSA) is 67.9 Å². The van der Waals surface area contributed by atoms with Crippen LogP contribution in [0.2, 0.25) is 5.02 Å². The summed E-state index contributed by atoms with van der Waals surface area (Å²) in [7, 11) is 3.14. The lowest BCUT2D eigenvalue weighted by Crippen LogP contribution is -2.35. The quantitative estimate of drug-likeness (QED) is 0.516. The van der Waals surface area contributed by atoms with Crippen LogP contribution in [0.4, 0.5) is 4.39 Å². The second-order valence-electron chi connectivity index (χ2n) is 8.38. The fourth-order valence-corrected chi connectivity index (χ4v) is 4.50. The van der Waals surface area contributed by atoms with Crippen molar-refractivity contribution in [2.45, 2.75) is 12.5 Å². The Morgan fingerprint density at radius 2 is 1.71 bits per heavy atom. The van der Waals surface area contributed by atoms with Crippen molar-refractivity contribution in [3.05, 3.63) is 94.3 Å². The molecule has 2 unspecified atom stereocenters. The number of amides is 2. The molecule has 1 N–H and O–H groups in total. The standard InChI is InChI=1S/C27H26ClFN2O4/c1-34-21-11-12-25(35-2)22(13-21)23-15-31(27(33)18-5-7-19(28)8-6-18)16-24(23)26(32)30-14-17-3-9-20(29)10-4-17/h3-13,23-24H,14-16H2,1-2H3,(H,30,32). The second kappa shape index (κ2) is 10.8. The maximum Gasteiger partial charge on any atom is 0.253 e. The van der Waals surface area contributed by atoms with Crippen molar-refractivity contribution in [2.24, 2.45) is 5.92 Å². The average molecular weight is 497 g/mol. The van der Waals surface area contributed by atoms with E-state index in [4.69, 9.17) is 21.1 Å². The fraction of sp³-hybridized carbons (Fsp3) is 0.259. The Morgan fingerprint density at radius 3 is 2.37 bits per heavy atom. The molecule has 182 valence electrons. The molecule has 2 atom stereocenters. The second-order valence-corrected chi connectivity index (χ2v) is 8.82. The van der Waals surface area contributed by atoms with E-state index in [2.05, 4.69) is 5.32 Å². The minimum absolute atomic E-state index is 0.178. The van der Waals surface area contributed by atoms with Crippen molar-refractivity contribution in [2.75, 3.05) is 27.3 Å². The number of likely N-dealkylation sites (tertiary alicyclic amines) is 1. The van der Waals surface area contributed by atoms with Gasteiger partial charge in [-0.2, -0.15) is 0 Å². The zero-order chi connectivity index (χ0) is 24.9. The average Bonchev–Trinajstić information content (AvgIpc) is 3.33. The number of ether oxygens (including phenoxy) is 2. The molecule has 1 saturated heterocycles. The number of hydrogen-bond donors (Lipinski definition) is 1. The summed E-state index contributed by atoms with van der Waals surface area (Å²) in [5, 5.41) is 3.49. The third-order valence-corrected chi connectivity index (χ3v) is 6.50. The Kier molecular flexibility index (Phi) is 7.56. The third kappa shape index (κ3) is 5.57. The fourth-order valence-electron chi connectivity index (χ4n) is 4.38. The zero-order valence-electron chi connectivity index (χ0n) is 19.5. The van der Waals surface area contributed by atoms with Crippen LogP contribution in [0.25, 0.3) is 0 Å². The van der Waals surface area contributed by atoms with E-state index in [1.54, 1.807) is 67.7 Å². The lowest BCUT2D eigenvalue weighted by molar-refractivity contribution is -0.125. The highest BCUT2D eigenvalue weighted by Gasteiger charge is 2.42. The van der Waals surface area contributed by atoms with Crippen LogP contribution in [0.5, 0.6) is 11.5 Å². The van der Waals surface area contributed by atoms with Gasteiger partial charge in [-0.05, 0) is 60.2 Å². The summed E-state index contributed by atoms with van der Waals surface area (Å²) < 4.78 is 24.2. The van der Waals surface area contributed by atoms with Gasteiger partial charge in [0.15, 0.2) is 0 Å². The van der Waals surface area contributed by atoms with Gasteiger partial charge in [0.1, 0.15) is 17.3 Å². The van der Waals surface area contributed by atoms with E-state index in [0.29, 0.717) is 28.6 Å². The van der Waals surface area contributed by atoms with Crippen LogP contribution in [0.15, 0.2) is 66.7 Å². The maximum atomic E-state index is 13.4. The molecule has 4 rings (SSSR count). The molecule has 6 nitrogen and oxygen atoms in total. The van der Waals surface area contributed by atoms with Crippen LogP contribution >= 0.6 is 11.6 Å². The Balaban J connectivity index is 1.61.